The van der Waals surface area contributed by atoms with Crippen LogP contribution in [0.15, 0.2) is 11.6 Å². The lowest BCUT2D eigenvalue weighted by molar-refractivity contribution is -0.139. The van der Waals surface area contributed by atoms with Crippen molar-refractivity contribution in [3.8, 4) is 0 Å². The molecule has 0 saturated heterocycles. The van der Waals surface area contributed by atoms with Crippen molar-refractivity contribution >= 4 is 23.6 Å². The van der Waals surface area contributed by atoms with Crippen molar-refractivity contribution in [3.05, 3.63) is 11.6 Å². The summed E-state index contributed by atoms with van der Waals surface area (Å²) in [5.41, 5.74) is 0. The first-order chi connectivity index (χ1) is 7.45. The van der Waals surface area contributed by atoms with Gasteiger partial charge in [0.2, 0.25) is 0 Å². The second-order valence-electron chi connectivity index (χ2n) is 3.04. The number of hydrogen-bond donors (Lipinski definition) is 3. The standard InChI is InChI=1S/C9H15ClN2O4/c1-6(10)4-11-9(15)12-5-7(16-2)3-8(13)14/h7H,1,3-5H2,2H3,(H,13,14)(H2,11,12,15). The lowest BCUT2D eigenvalue weighted by Gasteiger charge is -2.14. The molecule has 1 atom stereocenters. The molecule has 16 heavy (non-hydrogen) atoms. The first kappa shape index (κ1) is 14.7. The largest absolute Gasteiger partial charge is 0.481 e. The minimum atomic E-state index is -0.983. The van der Waals surface area contributed by atoms with Crippen LogP contribution < -0.4 is 10.6 Å². The molecule has 0 aromatic rings. The van der Waals surface area contributed by atoms with Crippen LogP contribution in [0, 0.1) is 0 Å². The van der Waals surface area contributed by atoms with E-state index >= 15 is 0 Å². The molecule has 1 unspecified atom stereocenters. The number of nitrogens with one attached hydrogen (secondary N) is 2. The van der Waals surface area contributed by atoms with Gasteiger partial charge in [-0.15, -0.1) is 0 Å². The summed E-state index contributed by atoms with van der Waals surface area (Å²) in [5, 5.41) is 13.7. The van der Waals surface area contributed by atoms with Crippen molar-refractivity contribution in [2.24, 2.45) is 0 Å². The monoisotopic (exact) mass is 250 g/mol. The Morgan fingerprint density at radius 2 is 2.12 bits per heavy atom. The van der Waals surface area contributed by atoms with Gasteiger partial charge in [-0.2, -0.15) is 0 Å². The number of aliphatic carboxylic acids is 1. The lowest BCUT2D eigenvalue weighted by atomic mass is 10.2. The van der Waals surface area contributed by atoms with Gasteiger partial charge in [-0.25, -0.2) is 4.79 Å². The van der Waals surface area contributed by atoms with E-state index in [1.807, 2.05) is 0 Å². The van der Waals surface area contributed by atoms with Gasteiger partial charge in [0.15, 0.2) is 0 Å². The van der Waals surface area contributed by atoms with Crippen molar-refractivity contribution < 1.29 is 19.4 Å². The zero-order chi connectivity index (χ0) is 12.6. The summed E-state index contributed by atoms with van der Waals surface area (Å²) in [5.74, 6) is -0.983. The summed E-state index contributed by atoms with van der Waals surface area (Å²) < 4.78 is 4.87. The number of carboxylic acids is 1. The molecule has 0 aliphatic rings. The molecule has 0 saturated carbocycles. The van der Waals surface area contributed by atoms with Gasteiger partial charge in [0.1, 0.15) is 0 Å². The molecule has 0 aliphatic carbocycles. The third-order valence-corrected chi connectivity index (χ3v) is 1.80. The smallest absolute Gasteiger partial charge is 0.315 e. The molecule has 2 amide bonds. The van der Waals surface area contributed by atoms with Crippen molar-refractivity contribution in [3.63, 3.8) is 0 Å². The van der Waals surface area contributed by atoms with E-state index in [0.717, 1.165) is 0 Å². The average Bonchev–Trinajstić information content (AvgIpc) is 2.20. The van der Waals surface area contributed by atoms with Gasteiger partial charge in [-0.3, -0.25) is 4.79 Å². The van der Waals surface area contributed by atoms with E-state index in [1.165, 1.54) is 7.11 Å². The van der Waals surface area contributed by atoms with Gasteiger partial charge < -0.3 is 20.5 Å². The maximum atomic E-state index is 11.1. The fourth-order valence-electron chi connectivity index (χ4n) is 0.879. The van der Waals surface area contributed by atoms with E-state index in [4.69, 9.17) is 21.4 Å². The summed E-state index contributed by atoms with van der Waals surface area (Å²) in [6, 6.07) is -0.450. The molecule has 0 aromatic carbocycles. The molecular formula is C9H15ClN2O4. The van der Waals surface area contributed by atoms with E-state index in [0.29, 0.717) is 5.03 Å². The molecule has 0 aliphatic heterocycles. The Bertz CT molecular complexity index is 270. The van der Waals surface area contributed by atoms with Crippen molar-refractivity contribution in [2.45, 2.75) is 12.5 Å². The number of carbonyl (C=O) groups excluding carboxylic acids is 1. The SMILES string of the molecule is C=C(Cl)CNC(=O)NCC(CC(=O)O)OC. The highest BCUT2D eigenvalue weighted by Gasteiger charge is 2.13. The van der Waals surface area contributed by atoms with Crippen LogP contribution in [0.25, 0.3) is 0 Å². The molecule has 0 radical (unpaired) electrons. The number of urea groups is 1. The molecular weight excluding hydrogens is 236 g/mol. The van der Waals surface area contributed by atoms with E-state index in [9.17, 15) is 9.59 Å². The van der Waals surface area contributed by atoms with E-state index in [1.54, 1.807) is 0 Å². The predicted molar refractivity (Wildman–Crippen MR) is 59.4 cm³/mol. The highest BCUT2D eigenvalue weighted by Crippen LogP contribution is 1.95. The molecule has 6 nitrogen and oxygen atoms in total. The molecule has 0 spiro atoms. The van der Waals surface area contributed by atoms with Crippen molar-refractivity contribution in [1.82, 2.24) is 10.6 Å². The summed E-state index contributed by atoms with van der Waals surface area (Å²) in [6.07, 6.45) is -0.721. The van der Waals surface area contributed by atoms with Gasteiger partial charge in [0, 0.05) is 18.7 Å². The van der Waals surface area contributed by atoms with Crippen LogP contribution in [0.4, 0.5) is 4.79 Å². The summed E-state index contributed by atoms with van der Waals surface area (Å²) in [7, 11) is 1.38. The van der Waals surface area contributed by atoms with Gasteiger partial charge in [-0.1, -0.05) is 18.2 Å². The average molecular weight is 251 g/mol. The van der Waals surface area contributed by atoms with E-state index < -0.39 is 18.1 Å². The van der Waals surface area contributed by atoms with Crippen LogP contribution >= 0.6 is 11.6 Å². The fourth-order valence-corrected chi connectivity index (χ4v) is 0.946. The van der Waals surface area contributed by atoms with Crippen LogP contribution in [0.5, 0.6) is 0 Å². The summed E-state index contributed by atoms with van der Waals surface area (Å²) in [6.45, 7) is 3.67. The number of rotatable bonds is 7. The maximum Gasteiger partial charge on any atom is 0.315 e. The number of ether oxygens (including phenoxy) is 1. The molecule has 7 heteroatoms. The number of carbonyl (C=O) groups is 2. The molecule has 0 bridgehead atoms. The second kappa shape index (κ2) is 7.95. The van der Waals surface area contributed by atoms with Gasteiger partial charge in [-0.05, 0) is 0 Å². The van der Waals surface area contributed by atoms with Crippen LogP contribution in [0.1, 0.15) is 6.42 Å². The van der Waals surface area contributed by atoms with E-state index in [2.05, 4.69) is 17.2 Å². The third kappa shape index (κ3) is 8.07. The molecule has 0 heterocycles. The Balaban J connectivity index is 3.79. The fraction of sp³-hybridized carbons (Fsp3) is 0.556. The maximum absolute atomic E-state index is 11.1. The van der Waals surface area contributed by atoms with Crippen molar-refractivity contribution in [2.75, 3.05) is 20.2 Å². The predicted octanol–water partition coefficient (Wildman–Crippen LogP) is 0.528. The van der Waals surface area contributed by atoms with Gasteiger partial charge in [0.05, 0.1) is 19.1 Å². The molecule has 3 N–H and O–H groups in total. The Labute approximate surface area is 98.6 Å². The normalized spacial score (nSPS) is 11.6. The Morgan fingerprint density at radius 3 is 2.56 bits per heavy atom. The highest BCUT2D eigenvalue weighted by atomic mass is 35.5. The summed E-state index contributed by atoms with van der Waals surface area (Å²) >= 11 is 5.44. The number of hydrogen-bond acceptors (Lipinski definition) is 3. The zero-order valence-corrected chi connectivity index (χ0v) is 9.71. The van der Waals surface area contributed by atoms with Crippen LogP contribution in [0.2, 0.25) is 0 Å². The highest BCUT2D eigenvalue weighted by molar-refractivity contribution is 6.29. The topological polar surface area (TPSA) is 87.7 Å². The zero-order valence-electron chi connectivity index (χ0n) is 8.96. The Hall–Kier alpha value is -1.27. The molecule has 0 rings (SSSR count). The van der Waals surface area contributed by atoms with Gasteiger partial charge in [0.25, 0.3) is 0 Å². The summed E-state index contributed by atoms with van der Waals surface area (Å²) in [4.78, 5) is 21.5. The minimum Gasteiger partial charge on any atom is -0.481 e. The number of halogens is 1. The first-order valence-corrected chi connectivity index (χ1v) is 4.93. The third-order valence-electron chi connectivity index (χ3n) is 1.67. The molecule has 0 fully saturated rings. The van der Waals surface area contributed by atoms with Gasteiger partial charge >= 0.3 is 12.0 Å². The second-order valence-corrected chi connectivity index (χ2v) is 3.57. The number of carboxylic acid groups (broad SMARTS) is 1. The Morgan fingerprint density at radius 1 is 1.50 bits per heavy atom. The van der Waals surface area contributed by atoms with Crippen LogP contribution in [-0.4, -0.2) is 43.4 Å². The van der Waals surface area contributed by atoms with Crippen molar-refractivity contribution in [1.29, 1.82) is 0 Å². The van der Waals surface area contributed by atoms with Crippen LogP contribution in [0.3, 0.4) is 0 Å². The minimum absolute atomic E-state index is 0.114. The first-order valence-electron chi connectivity index (χ1n) is 4.55. The molecule has 92 valence electrons. The lowest BCUT2D eigenvalue weighted by Crippen LogP contribution is -2.41. The van der Waals surface area contributed by atoms with E-state index in [-0.39, 0.29) is 19.5 Å². The molecule has 0 aromatic heterocycles. The Kier molecular flexibility index (Phi) is 7.32. The quantitative estimate of drug-likeness (QED) is 0.615. The number of amides is 2. The van der Waals surface area contributed by atoms with Crippen LogP contribution in [-0.2, 0) is 9.53 Å². The number of methoxy groups -OCH3 is 1.